The number of nitrogens with zero attached hydrogens (tertiary/aromatic N) is 3. The van der Waals surface area contributed by atoms with E-state index in [-0.39, 0.29) is 0 Å². The Bertz CT molecular complexity index is 1060. The molecule has 6 heteroatoms. The predicted octanol–water partition coefficient (Wildman–Crippen LogP) is 4.90. The van der Waals surface area contributed by atoms with Crippen LogP contribution in [0.15, 0.2) is 48.8 Å². The third-order valence-corrected chi connectivity index (χ3v) is 4.92. The van der Waals surface area contributed by atoms with Crippen LogP contribution in [0.3, 0.4) is 0 Å². The predicted molar refractivity (Wildman–Crippen MR) is 105 cm³/mol. The summed E-state index contributed by atoms with van der Waals surface area (Å²) in [5, 5.41) is 1.70. The maximum absolute atomic E-state index is 6.05. The number of hydrogen-bond donors (Lipinski definition) is 0. The first-order valence-electron chi connectivity index (χ1n) is 7.37. The lowest BCUT2D eigenvalue weighted by molar-refractivity contribution is 0.399. The fourth-order valence-corrected chi connectivity index (χ4v) is 3.70. The zero-order valence-corrected chi connectivity index (χ0v) is 15.7. The minimum absolute atomic E-state index is 0.629. The molecular weight excluding hydrogens is 437 g/mol. The van der Waals surface area contributed by atoms with Crippen molar-refractivity contribution in [3.63, 3.8) is 0 Å². The lowest BCUT2D eigenvalue weighted by Gasteiger charge is -2.07. The van der Waals surface area contributed by atoms with Crippen molar-refractivity contribution in [2.24, 2.45) is 0 Å². The second-order valence-electron chi connectivity index (χ2n) is 5.51. The van der Waals surface area contributed by atoms with Crippen molar-refractivity contribution in [3.8, 4) is 5.88 Å². The highest BCUT2D eigenvalue weighted by molar-refractivity contribution is 14.1. The third kappa shape index (κ3) is 2.82. The monoisotopic (exact) mass is 449 g/mol. The molecule has 0 fully saturated rings. The lowest BCUT2D eigenvalue weighted by atomic mass is 10.1. The van der Waals surface area contributed by atoms with E-state index in [0.29, 0.717) is 10.9 Å². The Hall–Kier alpha value is -1.86. The Kier molecular flexibility index (Phi) is 4.05. The van der Waals surface area contributed by atoms with Crippen molar-refractivity contribution in [2.45, 2.75) is 6.54 Å². The van der Waals surface area contributed by atoms with Crippen molar-refractivity contribution < 1.29 is 4.74 Å². The number of methoxy groups -OCH3 is 1. The quantitative estimate of drug-likeness (QED) is 0.418. The summed E-state index contributed by atoms with van der Waals surface area (Å²) in [6.45, 7) is 0.760. The van der Waals surface area contributed by atoms with Crippen LogP contribution in [0.2, 0.25) is 5.02 Å². The van der Waals surface area contributed by atoms with Crippen molar-refractivity contribution >= 4 is 56.1 Å². The summed E-state index contributed by atoms with van der Waals surface area (Å²) in [6, 6.07) is 12.1. The molecule has 0 amide bonds. The molecule has 1 aromatic carbocycles. The van der Waals surface area contributed by atoms with Gasteiger partial charge in [-0.3, -0.25) is 4.98 Å². The first kappa shape index (κ1) is 15.7. The largest absolute Gasteiger partial charge is 0.481 e. The van der Waals surface area contributed by atoms with Crippen LogP contribution in [0.4, 0.5) is 0 Å². The zero-order chi connectivity index (χ0) is 16.7. The Balaban J connectivity index is 1.76. The van der Waals surface area contributed by atoms with E-state index in [0.717, 1.165) is 32.1 Å². The normalized spacial score (nSPS) is 11.3. The molecule has 3 heterocycles. The second-order valence-corrected chi connectivity index (χ2v) is 7.11. The van der Waals surface area contributed by atoms with Crippen molar-refractivity contribution in [2.75, 3.05) is 7.11 Å². The van der Waals surface area contributed by atoms with Gasteiger partial charge < -0.3 is 9.30 Å². The summed E-state index contributed by atoms with van der Waals surface area (Å²) in [6.07, 6.45) is 3.78. The summed E-state index contributed by atoms with van der Waals surface area (Å²) in [4.78, 5) is 8.88. The van der Waals surface area contributed by atoms with E-state index >= 15 is 0 Å². The molecule has 24 heavy (non-hydrogen) atoms. The fourth-order valence-electron chi connectivity index (χ4n) is 2.80. The van der Waals surface area contributed by atoms with Gasteiger partial charge in [0.2, 0.25) is 5.88 Å². The third-order valence-electron chi connectivity index (χ3n) is 3.93. The number of ether oxygens (including phenoxy) is 1. The van der Waals surface area contributed by atoms with Crippen LogP contribution in [-0.4, -0.2) is 21.6 Å². The first-order valence-corrected chi connectivity index (χ1v) is 8.83. The van der Waals surface area contributed by atoms with Crippen LogP contribution in [0, 0.1) is 3.57 Å². The van der Waals surface area contributed by atoms with Crippen LogP contribution < -0.4 is 4.74 Å². The molecule has 3 aromatic heterocycles. The molecule has 0 atom stereocenters. The molecule has 4 nitrogen and oxygen atoms in total. The Morgan fingerprint density at radius 1 is 1.21 bits per heavy atom. The van der Waals surface area contributed by atoms with Crippen LogP contribution in [0.5, 0.6) is 5.88 Å². The molecule has 0 saturated carbocycles. The summed E-state index contributed by atoms with van der Waals surface area (Å²) in [5.74, 6) is 0.629. The van der Waals surface area contributed by atoms with E-state index in [1.807, 2.05) is 24.3 Å². The maximum atomic E-state index is 6.05. The Labute approximate surface area is 157 Å². The highest BCUT2D eigenvalue weighted by Crippen LogP contribution is 2.25. The minimum Gasteiger partial charge on any atom is -0.481 e. The van der Waals surface area contributed by atoms with E-state index in [1.54, 1.807) is 13.3 Å². The SMILES string of the molecule is COc1ccc2c(n1)c(I)cn2Cc1ccc2ncc(Cl)cc2c1. The van der Waals surface area contributed by atoms with Crippen LogP contribution in [0.25, 0.3) is 21.9 Å². The summed E-state index contributed by atoms with van der Waals surface area (Å²) in [7, 11) is 1.63. The average molecular weight is 450 g/mol. The molecule has 0 bridgehead atoms. The summed E-state index contributed by atoms with van der Waals surface area (Å²) < 4.78 is 8.52. The topological polar surface area (TPSA) is 39.9 Å². The number of fused-ring (bicyclic) bond motifs is 2. The molecule has 4 rings (SSSR count). The van der Waals surface area contributed by atoms with Crippen molar-refractivity contribution in [1.82, 2.24) is 14.5 Å². The van der Waals surface area contributed by atoms with E-state index in [1.165, 1.54) is 5.56 Å². The Morgan fingerprint density at radius 3 is 2.92 bits per heavy atom. The van der Waals surface area contributed by atoms with Gasteiger partial charge in [-0.25, -0.2) is 4.98 Å². The van der Waals surface area contributed by atoms with Gasteiger partial charge in [0.25, 0.3) is 0 Å². The molecule has 0 spiro atoms. The highest BCUT2D eigenvalue weighted by atomic mass is 127. The minimum atomic E-state index is 0.629. The Morgan fingerprint density at radius 2 is 2.08 bits per heavy atom. The molecule has 120 valence electrons. The van der Waals surface area contributed by atoms with E-state index in [4.69, 9.17) is 16.3 Å². The van der Waals surface area contributed by atoms with E-state index in [9.17, 15) is 0 Å². The molecule has 0 aliphatic rings. The van der Waals surface area contributed by atoms with Crippen LogP contribution in [-0.2, 0) is 6.54 Å². The van der Waals surface area contributed by atoms with Gasteiger partial charge in [-0.1, -0.05) is 17.7 Å². The number of halogens is 2. The van der Waals surface area contributed by atoms with Gasteiger partial charge in [0.1, 0.15) is 5.52 Å². The highest BCUT2D eigenvalue weighted by Gasteiger charge is 2.10. The number of hydrogen-bond acceptors (Lipinski definition) is 3. The van der Waals surface area contributed by atoms with Gasteiger partial charge in [-0.2, -0.15) is 0 Å². The summed E-state index contributed by atoms with van der Waals surface area (Å²) in [5.41, 5.74) is 4.18. The number of aromatic nitrogens is 3. The van der Waals surface area contributed by atoms with Gasteiger partial charge in [-0.15, -0.1) is 0 Å². The molecule has 0 saturated heterocycles. The second kappa shape index (κ2) is 6.22. The van der Waals surface area contributed by atoms with E-state index in [2.05, 4.69) is 55.5 Å². The fraction of sp³-hybridized carbons (Fsp3) is 0.111. The molecule has 0 unspecified atom stereocenters. The van der Waals surface area contributed by atoms with Gasteiger partial charge in [-0.05, 0) is 52.4 Å². The molecular formula is C18H13ClIN3O. The summed E-state index contributed by atoms with van der Waals surface area (Å²) >= 11 is 8.36. The van der Waals surface area contributed by atoms with Crippen LogP contribution in [0.1, 0.15) is 5.56 Å². The molecule has 0 aliphatic heterocycles. The van der Waals surface area contributed by atoms with Gasteiger partial charge >= 0.3 is 0 Å². The zero-order valence-electron chi connectivity index (χ0n) is 12.8. The van der Waals surface area contributed by atoms with Gasteiger partial charge in [0.05, 0.1) is 26.7 Å². The standard InChI is InChI=1S/C18H13ClIN3O/c1-24-17-5-4-16-18(22-17)14(20)10-23(16)9-11-2-3-15-12(6-11)7-13(19)8-21-15/h2-8,10H,9H2,1H3. The number of benzene rings is 1. The van der Waals surface area contributed by atoms with Crippen molar-refractivity contribution in [1.29, 1.82) is 0 Å². The van der Waals surface area contributed by atoms with Crippen molar-refractivity contribution in [3.05, 3.63) is 62.9 Å². The maximum Gasteiger partial charge on any atom is 0.213 e. The number of rotatable bonds is 3. The number of pyridine rings is 2. The molecule has 0 N–H and O–H groups in total. The van der Waals surface area contributed by atoms with Crippen LogP contribution >= 0.6 is 34.2 Å². The average Bonchev–Trinajstić information content (AvgIpc) is 2.90. The smallest absolute Gasteiger partial charge is 0.213 e. The molecule has 0 aliphatic carbocycles. The van der Waals surface area contributed by atoms with Gasteiger partial charge in [0.15, 0.2) is 0 Å². The molecule has 4 aromatic rings. The first-order chi connectivity index (χ1) is 11.6. The van der Waals surface area contributed by atoms with Gasteiger partial charge in [0, 0.05) is 30.4 Å². The van der Waals surface area contributed by atoms with E-state index < -0.39 is 0 Å². The molecule has 0 radical (unpaired) electrons. The lowest BCUT2D eigenvalue weighted by Crippen LogP contribution is -1.98.